The van der Waals surface area contributed by atoms with E-state index >= 15 is 0 Å². The molecule has 0 saturated carbocycles. The summed E-state index contributed by atoms with van der Waals surface area (Å²) in [5.74, 6) is 0.905. The lowest BCUT2D eigenvalue weighted by Crippen LogP contribution is -2.05. The molecule has 8 heteroatoms. The van der Waals surface area contributed by atoms with E-state index in [0.717, 1.165) is 20.1 Å². The highest BCUT2D eigenvalue weighted by atomic mass is 79.9. The highest BCUT2D eigenvalue weighted by Crippen LogP contribution is 2.38. The number of hydrogen-bond donors (Lipinski definition) is 0. The van der Waals surface area contributed by atoms with Crippen molar-refractivity contribution in [2.45, 2.75) is 13.5 Å². The summed E-state index contributed by atoms with van der Waals surface area (Å²) in [5.41, 5.74) is 2.66. The minimum absolute atomic E-state index is 0.206. The number of hydrogen-bond acceptors (Lipinski definition) is 5. The monoisotopic (exact) mass is 633 g/mol. The first-order valence-corrected chi connectivity index (χ1v) is 12.4. The molecule has 0 saturated heterocycles. The van der Waals surface area contributed by atoms with Gasteiger partial charge in [0, 0.05) is 8.95 Å². The first kappa shape index (κ1) is 23.7. The number of benzene rings is 3. The quantitative estimate of drug-likeness (QED) is 0.202. The minimum atomic E-state index is -0.509. The van der Waals surface area contributed by atoms with Crippen LogP contribution in [0, 0.1) is 0 Å². The molecule has 0 aromatic heterocycles. The van der Waals surface area contributed by atoms with Crippen molar-refractivity contribution in [1.29, 1.82) is 0 Å². The fourth-order valence-electron chi connectivity index (χ4n) is 3.17. The number of aliphatic imine (C=N–C) groups is 1. The van der Waals surface area contributed by atoms with E-state index in [2.05, 4.69) is 52.8 Å². The van der Waals surface area contributed by atoms with E-state index in [1.165, 1.54) is 0 Å². The fraction of sp³-hybridized carbons (Fsp3) is 0.120. The topological polar surface area (TPSA) is 57.1 Å². The average Bonchev–Trinajstić information content (AvgIpc) is 3.13. The molecule has 1 aliphatic heterocycles. The van der Waals surface area contributed by atoms with E-state index in [1.54, 1.807) is 6.08 Å². The molecule has 0 aliphatic carbocycles. The minimum Gasteiger partial charge on any atom is -0.490 e. The number of cyclic esters (lactones) is 1. The third-order valence-corrected chi connectivity index (χ3v) is 6.41. The van der Waals surface area contributed by atoms with Crippen molar-refractivity contribution < 1.29 is 19.0 Å². The third kappa shape index (κ3) is 5.75. The second-order valence-corrected chi connectivity index (χ2v) is 9.62. The van der Waals surface area contributed by atoms with Crippen LogP contribution in [-0.4, -0.2) is 18.5 Å². The molecule has 4 rings (SSSR count). The Morgan fingerprint density at radius 3 is 2.55 bits per heavy atom. The second-order valence-electron chi connectivity index (χ2n) is 7.00. The lowest BCUT2D eigenvalue weighted by atomic mass is 10.1. The molecule has 3 aromatic rings. The maximum absolute atomic E-state index is 12.4. The molecule has 33 heavy (non-hydrogen) atoms. The van der Waals surface area contributed by atoms with E-state index in [0.29, 0.717) is 34.7 Å². The molecule has 0 fully saturated rings. The molecular formula is C25H18Br3NO4. The van der Waals surface area contributed by atoms with Crippen LogP contribution in [0.15, 0.2) is 84.8 Å². The van der Waals surface area contributed by atoms with Crippen molar-refractivity contribution in [3.8, 4) is 11.5 Å². The van der Waals surface area contributed by atoms with Crippen molar-refractivity contribution in [2.75, 3.05) is 6.61 Å². The molecule has 0 radical (unpaired) electrons. The Labute approximate surface area is 216 Å². The van der Waals surface area contributed by atoms with Gasteiger partial charge in [-0.05, 0) is 92.4 Å². The largest absolute Gasteiger partial charge is 0.490 e. The van der Waals surface area contributed by atoms with Gasteiger partial charge < -0.3 is 14.2 Å². The SMILES string of the molecule is CCOc1cc(/C=C2\N=C(c3ccccc3Br)OC2=O)cc(Br)c1OCc1cccc(Br)c1. The number of ether oxygens (including phenoxy) is 3. The number of carbonyl (C=O) groups is 1. The van der Waals surface area contributed by atoms with Crippen LogP contribution in [0.3, 0.4) is 0 Å². The predicted octanol–water partition coefficient (Wildman–Crippen LogP) is 7.30. The van der Waals surface area contributed by atoms with Gasteiger partial charge in [-0.1, -0.05) is 40.2 Å². The lowest BCUT2D eigenvalue weighted by molar-refractivity contribution is -0.129. The summed E-state index contributed by atoms with van der Waals surface area (Å²) in [7, 11) is 0. The summed E-state index contributed by atoms with van der Waals surface area (Å²) < 4.78 is 19.7. The zero-order valence-electron chi connectivity index (χ0n) is 17.5. The number of esters is 1. The van der Waals surface area contributed by atoms with Crippen LogP contribution < -0.4 is 9.47 Å². The van der Waals surface area contributed by atoms with Crippen LogP contribution in [0.5, 0.6) is 11.5 Å². The van der Waals surface area contributed by atoms with Crippen molar-refractivity contribution in [1.82, 2.24) is 0 Å². The highest BCUT2D eigenvalue weighted by molar-refractivity contribution is 9.11. The van der Waals surface area contributed by atoms with Crippen LogP contribution >= 0.6 is 47.8 Å². The second kappa shape index (κ2) is 10.7. The maximum Gasteiger partial charge on any atom is 0.363 e. The van der Waals surface area contributed by atoms with Crippen LogP contribution in [0.4, 0.5) is 0 Å². The van der Waals surface area contributed by atoms with Crippen LogP contribution in [-0.2, 0) is 16.1 Å². The summed E-state index contributed by atoms with van der Waals surface area (Å²) in [6.07, 6.45) is 1.66. The third-order valence-electron chi connectivity index (χ3n) is 4.63. The Balaban J connectivity index is 1.62. The molecule has 3 aromatic carbocycles. The van der Waals surface area contributed by atoms with Gasteiger partial charge in [0.1, 0.15) is 6.61 Å². The first-order valence-electron chi connectivity index (χ1n) is 10.1. The summed E-state index contributed by atoms with van der Waals surface area (Å²) in [6, 6.07) is 19.0. The molecule has 0 spiro atoms. The Bertz CT molecular complexity index is 1270. The van der Waals surface area contributed by atoms with Crippen molar-refractivity contribution in [3.63, 3.8) is 0 Å². The van der Waals surface area contributed by atoms with E-state index in [1.807, 2.05) is 67.6 Å². The molecule has 0 amide bonds. The zero-order chi connectivity index (χ0) is 23.4. The molecule has 0 N–H and O–H groups in total. The Morgan fingerprint density at radius 1 is 0.970 bits per heavy atom. The molecule has 1 heterocycles. The van der Waals surface area contributed by atoms with Crippen molar-refractivity contribution in [2.24, 2.45) is 4.99 Å². The van der Waals surface area contributed by atoms with Gasteiger partial charge in [-0.2, -0.15) is 0 Å². The van der Waals surface area contributed by atoms with Crippen LogP contribution in [0.2, 0.25) is 0 Å². The van der Waals surface area contributed by atoms with E-state index in [-0.39, 0.29) is 11.6 Å². The Morgan fingerprint density at radius 2 is 1.79 bits per heavy atom. The number of carbonyl (C=O) groups excluding carboxylic acids is 1. The molecule has 0 bridgehead atoms. The lowest BCUT2D eigenvalue weighted by Gasteiger charge is -2.15. The molecule has 0 atom stereocenters. The fourth-order valence-corrected chi connectivity index (χ4v) is 4.65. The molecule has 0 unspecified atom stereocenters. The van der Waals surface area contributed by atoms with Crippen molar-refractivity contribution in [3.05, 3.63) is 96.5 Å². The summed E-state index contributed by atoms with van der Waals surface area (Å²) in [4.78, 5) is 16.8. The van der Waals surface area contributed by atoms with E-state index in [9.17, 15) is 4.79 Å². The van der Waals surface area contributed by atoms with Crippen LogP contribution in [0.25, 0.3) is 6.08 Å². The Kier molecular flexibility index (Phi) is 7.67. The normalized spacial score (nSPS) is 14.2. The summed E-state index contributed by atoms with van der Waals surface area (Å²) in [5, 5.41) is 0. The predicted molar refractivity (Wildman–Crippen MR) is 139 cm³/mol. The smallest absolute Gasteiger partial charge is 0.363 e. The molecule has 1 aliphatic rings. The Hall–Kier alpha value is -2.42. The van der Waals surface area contributed by atoms with Gasteiger partial charge in [0.15, 0.2) is 17.2 Å². The van der Waals surface area contributed by atoms with Gasteiger partial charge in [-0.3, -0.25) is 0 Å². The standard InChI is InChI=1S/C25H18Br3NO4/c1-2-31-22-13-16(11-20(28)23(22)32-14-15-6-5-7-17(26)10-15)12-21-25(30)33-24(29-21)18-8-3-4-9-19(18)27/h3-13H,2,14H2,1H3/b21-12-. The number of rotatable bonds is 7. The maximum atomic E-state index is 12.4. The first-order chi connectivity index (χ1) is 15.9. The summed E-state index contributed by atoms with van der Waals surface area (Å²) in [6.45, 7) is 2.75. The molecular weight excluding hydrogens is 618 g/mol. The van der Waals surface area contributed by atoms with Gasteiger partial charge in [0.2, 0.25) is 5.90 Å². The van der Waals surface area contributed by atoms with Gasteiger partial charge in [-0.15, -0.1) is 0 Å². The molecule has 5 nitrogen and oxygen atoms in total. The zero-order valence-corrected chi connectivity index (χ0v) is 22.2. The van der Waals surface area contributed by atoms with Gasteiger partial charge in [0.25, 0.3) is 0 Å². The summed E-state index contributed by atoms with van der Waals surface area (Å²) >= 11 is 10.5. The molecule has 168 valence electrons. The van der Waals surface area contributed by atoms with Gasteiger partial charge in [0.05, 0.1) is 16.6 Å². The average molecular weight is 636 g/mol. The van der Waals surface area contributed by atoms with Gasteiger partial charge in [-0.25, -0.2) is 9.79 Å². The van der Waals surface area contributed by atoms with E-state index < -0.39 is 5.97 Å². The number of nitrogens with zero attached hydrogens (tertiary/aromatic N) is 1. The van der Waals surface area contributed by atoms with E-state index in [4.69, 9.17) is 14.2 Å². The van der Waals surface area contributed by atoms with Crippen molar-refractivity contribution >= 4 is 65.7 Å². The number of halogens is 3. The van der Waals surface area contributed by atoms with Crippen LogP contribution in [0.1, 0.15) is 23.6 Å². The van der Waals surface area contributed by atoms with Gasteiger partial charge >= 0.3 is 5.97 Å². The highest BCUT2D eigenvalue weighted by Gasteiger charge is 2.25.